The van der Waals surface area contributed by atoms with E-state index in [0.29, 0.717) is 0 Å². The minimum atomic E-state index is 0.755. The van der Waals surface area contributed by atoms with E-state index in [-0.39, 0.29) is 0 Å². The van der Waals surface area contributed by atoms with Gasteiger partial charge in [-0.05, 0) is 43.9 Å². The van der Waals surface area contributed by atoms with Crippen LogP contribution in [-0.2, 0) is 0 Å². The predicted octanol–water partition coefficient (Wildman–Crippen LogP) is 3.30. The van der Waals surface area contributed by atoms with Crippen molar-refractivity contribution >= 4 is 5.69 Å². The molecular weight excluding hydrogens is 248 g/mol. The number of rotatable bonds is 6. The number of hydrogen-bond donors (Lipinski definition) is 1. The van der Waals surface area contributed by atoms with Crippen molar-refractivity contribution in [3.05, 3.63) is 24.3 Å². The van der Waals surface area contributed by atoms with E-state index in [9.17, 15) is 0 Å². The molecule has 0 aliphatic carbocycles. The summed E-state index contributed by atoms with van der Waals surface area (Å²) in [5.41, 5.74) is 1.25. The summed E-state index contributed by atoms with van der Waals surface area (Å²) in [5, 5.41) is 3.45. The van der Waals surface area contributed by atoms with Crippen LogP contribution in [0, 0.1) is 5.92 Å². The van der Waals surface area contributed by atoms with Gasteiger partial charge in [0.2, 0.25) is 0 Å². The number of benzene rings is 1. The fraction of sp³-hybridized carbons (Fsp3) is 0.647. The average Bonchev–Trinajstić information content (AvgIpc) is 2.73. The monoisotopic (exact) mass is 276 g/mol. The fourth-order valence-electron chi connectivity index (χ4n) is 2.60. The molecular formula is C17H28N2O. The first kappa shape index (κ1) is 15.2. The van der Waals surface area contributed by atoms with E-state index in [1.54, 1.807) is 0 Å². The largest absolute Gasteiger partial charge is 0.491 e. The number of hydrogen-bond acceptors (Lipinski definition) is 3. The average molecular weight is 276 g/mol. The summed E-state index contributed by atoms with van der Waals surface area (Å²) in [6.45, 7) is 9.69. The Bertz CT molecular complexity index is 384. The van der Waals surface area contributed by atoms with Gasteiger partial charge in [0.05, 0.1) is 12.3 Å². The van der Waals surface area contributed by atoms with Crippen molar-refractivity contribution in [3.63, 3.8) is 0 Å². The lowest BCUT2D eigenvalue weighted by atomic mass is 10.1. The first-order valence-corrected chi connectivity index (χ1v) is 7.95. The van der Waals surface area contributed by atoms with Crippen molar-refractivity contribution in [2.75, 3.05) is 37.7 Å². The third kappa shape index (κ3) is 4.71. The first-order chi connectivity index (χ1) is 9.77. The van der Waals surface area contributed by atoms with Gasteiger partial charge in [0.25, 0.3) is 0 Å². The van der Waals surface area contributed by atoms with Gasteiger partial charge in [0.15, 0.2) is 0 Å². The zero-order chi connectivity index (χ0) is 14.2. The Morgan fingerprint density at radius 3 is 2.90 bits per heavy atom. The second kappa shape index (κ2) is 8.15. The Kier molecular flexibility index (Phi) is 6.19. The molecule has 3 heteroatoms. The van der Waals surface area contributed by atoms with Crippen molar-refractivity contribution in [2.24, 2.45) is 5.92 Å². The van der Waals surface area contributed by atoms with Crippen LogP contribution in [0.3, 0.4) is 0 Å². The lowest BCUT2D eigenvalue weighted by molar-refractivity contribution is 0.298. The second-order valence-corrected chi connectivity index (χ2v) is 5.94. The number of anilines is 1. The Hall–Kier alpha value is -1.22. The van der Waals surface area contributed by atoms with Crippen molar-refractivity contribution in [2.45, 2.75) is 33.1 Å². The topological polar surface area (TPSA) is 24.5 Å². The molecule has 0 bridgehead atoms. The Labute approximate surface area is 123 Å². The molecule has 1 heterocycles. The van der Waals surface area contributed by atoms with Gasteiger partial charge in [-0.15, -0.1) is 0 Å². The van der Waals surface area contributed by atoms with Crippen LogP contribution in [0.5, 0.6) is 5.75 Å². The van der Waals surface area contributed by atoms with Crippen LogP contribution in [0.2, 0.25) is 0 Å². The van der Waals surface area contributed by atoms with Crippen LogP contribution in [0.1, 0.15) is 33.1 Å². The van der Waals surface area contributed by atoms with Crippen LogP contribution in [0.4, 0.5) is 5.69 Å². The maximum Gasteiger partial charge on any atom is 0.142 e. The Morgan fingerprint density at radius 2 is 2.05 bits per heavy atom. The summed E-state index contributed by atoms with van der Waals surface area (Å²) < 4.78 is 6.02. The van der Waals surface area contributed by atoms with Gasteiger partial charge in [-0.3, -0.25) is 0 Å². The summed E-state index contributed by atoms with van der Waals surface area (Å²) in [5.74, 6) is 1.80. The minimum Gasteiger partial charge on any atom is -0.491 e. The van der Waals surface area contributed by atoms with Gasteiger partial charge in [-0.1, -0.05) is 26.0 Å². The number of para-hydroxylation sites is 2. The molecule has 1 fully saturated rings. The molecule has 112 valence electrons. The molecule has 0 saturated carbocycles. The number of ether oxygens (including phenoxy) is 1. The van der Waals surface area contributed by atoms with E-state index in [1.807, 2.05) is 0 Å². The highest BCUT2D eigenvalue weighted by Gasteiger charge is 2.13. The molecule has 0 aromatic heterocycles. The van der Waals surface area contributed by atoms with Crippen molar-refractivity contribution < 1.29 is 4.74 Å². The van der Waals surface area contributed by atoms with Crippen molar-refractivity contribution in [1.82, 2.24) is 5.32 Å². The van der Waals surface area contributed by atoms with Crippen LogP contribution in [0.25, 0.3) is 0 Å². The van der Waals surface area contributed by atoms with Crippen molar-refractivity contribution in [1.29, 1.82) is 0 Å². The summed E-state index contributed by atoms with van der Waals surface area (Å²) in [6, 6.07) is 8.46. The van der Waals surface area contributed by atoms with E-state index in [0.717, 1.165) is 50.9 Å². The fourth-order valence-corrected chi connectivity index (χ4v) is 2.60. The van der Waals surface area contributed by atoms with Gasteiger partial charge in [-0.2, -0.15) is 0 Å². The molecule has 1 aromatic rings. The summed E-state index contributed by atoms with van der Waals surface area (Å²) in [6.07, 6.45) is 3.56. The molecule has 2 rings (SSSR count). The van der Waals surface area contributed by atoms with Crippen LogP contribution < -0.4 is 15.0 Å². The van der Waals surface area contributed by atoms with Gasteiger partial charge in [0, 0.05) is 19.6 Å². The molecule has 0 amide bonds. The van der Waals surface area contributed by atoms with Gasteiger partial charge in [-0.25, -0.2) is 0 Å². The first-order valence-electron chi connectivity index (χ1n) is 7.95. The maximum absolute atomic E-state index is 6.02. The van der Waals surface area contributed by atoms with Gasteiger partial charge in [0.1, 0.15) is 5.75 Å². The smallest absolute Gasteiger partial charge is 0.142 e. The molecule has 0 spiro atoms. The zero-order valence-corrected chi connectivity index (χ0v) is 12.9. The van der Waals surface area contributed by atoms with Gasteiger partial charge < -0.3 is 15.0 Å². The molecule has 3 nitrogen and oxygen atoms in total. The van der Waals surface area contributed by atoms with Crippen molar-refractivity contribution in [3.8, 4) is 5.75 Å². The van der Waals surface area contributed by atoms with E-state index in [2.05, 4.69) is 48.3 Å². The quantitative estimate of drug-likeness (QED) is 0.807. The predicted molar refractivity (Wildman–Crippen MR) is 85.7 cm³/mol. The second-order valence-electron chi connectivity index (χ2n) is 5.94. The third-order valence-corrected chi connectivity index (χ3v) is 3.73. The Morgan fingerprint density at radius 1 is 1.20 bits per heavy atom. The van der Waals surface area contributed by atoms with Gasteiger partial charge >= 0.3 is 0 Å². The zero-order valence-electron chi connectivity index (χ0n) is 12.9. The number of nitrogens with zero attached hydrogens (tertiary/aromatic N) is 1. The highest BCUT2D eigenvalue weighted by Crippen LogP contribution is 2.28. The van der Waals surface area contributed by atoms with E-state index >= 15 is 0 Å². The molecule has 1 aromatic carbocycles. The summed E-state index contributed by atoms with van der Waals surface area (Å²) in [7, 11) is 0. The molecule has 20 heavy (non-hydrogen) atoms. The van der Waals surface area contributed by atoms with E-state index in [1.165, 1.54) is 18.5 Å². The number of nitrogens with one attached hydrogen (secondary N) is 1. The molecule has 0 unspecified atom stereocenters. The highest BCUT2D eigenvalue weighted by molar-refractivity contribution is 5.58. The minimum absolute atomic E-state index is 0.755. The normalized spacial score (nSPS) is 16.2. The summed E-state index contributed by atoms with van der Waals surface area (Å²) >= 11 is 0. The molecule has 0 atom stereocenters. The van der Waals surface area contributed by atoms with Crippen LogP contribution in [-0.4, -0.2) is 32.8 Å². The summed E-state index contributed by atoms with van der Waals surface area (Å²) in [4.78, 5) is 2.44. The highest BCUT2D eigenvalue weighted by atomic mass is 16.5. The molecule has 1 saturated heterocycles. The van der Waals surface area contributed by atoms with Crippen LogP contribution in [0.15, 0.2) is 24.3 Å². The lowest BCUT2D eigenvalue weighted by Gasteiger charge is -2.25. The third-order valence-electron chi connectivity index (χ3n) is 3.73. The lowest BCUT2D eigenvalue weighted by Crippen LogP contribution is -2.28. The molecule has 0 radical (unpaired) electrons. The molecule has 1 aliphatic heterocycles. The van der Waals surface area contributed by atoms with E-state index < -0.39 is 0 Å². The van der Waals surface area contributed by atoms with Crippen LogP contribution >= 0.6 is 0 Å². The van der Waals surface area contributed by atoms with E-state index in [4.69, 9.17) is 4.74 Å². The standard InChI is InChI=1S/C17H28N2O/c1-15(2)7-5-14-20-17-9-4-3-8-16(17)19-12-6-10-18-11-13-19/h3-4,8-9,15,18H,5-7,10-14H2,1-2H3. The Balaban J connectivity index is 1.94. The molecule has 1 aliphatic rings. The SMILES string of the molecule is CC(C)CCCOc1ccccc1N1CCCNCC1. The molecule has 1 N–H and O–H groups in total. The maximum atomic E-state index is 6.02.